The Bertz CT molecular complexity index is 1380. The standard InChI is InChI=1S/C24H16N2O2/c27-15-10-14-2-1-3-16-21(14)17(11-15)24(28)26-19-9-7-13-5-4-12-6-8-18(25-23(16)26)22(19)20(12)13/h1-3,6-11,23,25,27H,4-5H2. The number of anilines is 2. The highest BCUT2D eigenvalue weighted by Gasteiger charge is 2.40. The maximum atomic E-state index is 13.6. The molecule has 0 bridgehead atoms. The van der Waals surface area contributed by atoms with Crippen molar-refractivity contribution in [3.63, 3.8) is 0 Å². The van der Waals surface area contributed by atoms with Crippen LogP contribution in [0.2, 0.25) is 0 Å². The van der Waals surface area contributed by atoms with Crippen molar-refractivity contribution in [1.29, 1.82) is 0 Å². The van der Waals surface area contributed by atoms with Gasteiger partial charge in [-0.2, -0.15) is 0 Å². The monoisotopic (exact) mass is 364 g/mol. The van der Waals surface area contributed by atoms with Crippen LogP contribution in [0.1, 0.15) is 33.2 Å². The molecule has 7 rings (SSSR count). The number of amides is 1. The zero-order valence-corrected chi connectivity index (χ0v) is 15.0. The van der Waals surface area contributed by atoms with Crippen LogP contribution in [0.5, 0.6) is 5.75 Å². The summed E-state index contributed by atoms with van der Waals surface area (Å²) in [7, 11) is 0. The van der Waals surface area contributed by atoms with Crippen LogP contribution in [0.3, 0.4) is 0 Å². The molecular weight excluding hydrogens is 348 g/mol. The molecule has 1 amide bonds. The van der Waals surface area contributed by atoms with E-state index in [0.717, 1.165) is 45.9 Å². The lowest BCUT2D eigenvalue weighted by atomic mass is 9.89. The van der Waals surface area contributed by atoms with Gasteiger partial charge in [-0.05, 0) is 59.0 Å². The van der Waals surface area contributed by atoms with Gasteiger partial charge in [0, 0.05) is 22.0 Å². The Morgan fingerprint density at radius 3 is 2.61 bits per heavy atom. The third kappa shape index (κ3) is 1.56. The van der Waals surface area contributed by atoms with Crippen molar-refractivity contribution in [1.82, 2.24) is 0 Å². The topological polar surface area (TPSA) is 52.6 Å². The summed E-state index contributed by atoms with van der Waals surface area (Å²) in [5.74, 6) is 0.0546. The molecule has 1 unspecified atom stereocenters. The molecule has 28 heavy (non-hydrogen) atoms. The van der Waals surface area contributed by atoms with Crippen molar-refractivity contribution in [2.75, 3.05) is 10.2 Å². The molecule has 0 saturated heterocycles. The van der Waals surface area contributed by atoms with Gasteiger partial charge < -0.3 is 10.4 Å². The van der Waals surface area contributed by atoms with Crippen LogP contribution in [0.25, 0.3) is 21.5 Å². The second-order valence-corrected chi connectivity index (χ2v) is 7.93. The zero-order valence-electron chi connectivity index (χ0n) is 15.0. The first kappa shape index (κ1) is 14.5. The molecule has 134 valence electrons. The first-order valence-electron chi connectivity index (χ1n) is 9.64. The third-order valence-corrected chi connectivity index (χ3v) is 6.52. The fourth-order valence-corrected chi connectivity index (χ4v) is 5.39. The van der Waals surface area contributed by atoms with E-state index in [2.05, 4.69) is 35.6 Å². The lowest BCUT2D eigenvalue weighted by Crippen LogP contribution is -2.44. The highest BCUT2D eigenvalue weighted by atomic mass is 16.3. The van der Waals surface area contributed by atoms with Crippen LogP contribution in [-0.2, 0) is 12.8 Å². The molecule has 4 aromatic rings. The lowest BCUT2D eigenvalue weighted by Gasteiger charge is -2.42. The second kappa shape index (κ2) is 4.65. The number of carbonyl (C=O) groups is 1. The van der Waals surface area contributed by atoms with Crippen LogP contribution < -0.4 is 10.2 Å². The minimum atomic E-state index is -0.249. The van der Waals surface area contributed by atoms with E-state index in [1.165, 1.54) is 16.5 Å². The predicted molar refractivity (Wildman–Crippen MR) is 110 cm³/mol. The van der Waals surface area contributed by atoms with Crippen molar-refractivity contribution < 1.29 is 9.90 Å². The molecule has 0 fully saturated rings. The number of aryl methyl sites for hydroxylation is 2. The largest absolute Gasteiger partial charge is 0.508 e. The summed E-state index contributed by atoms with van der Waals surface area (Å²) in [5, 5.41) is 18.1. The average Bonchev–Trinajstić information content (AvgIpc) is 3.14. The van der Waals surface area contributed by atoms with Gasteiger partial charge in [0.15, 0.2) is 0 Å². The van der Waals surface area contributed by atoms with Gasteiger partial charge in [-0.25, -0.2) is 0 Å². The molecule has 4 aromatic carbocycles. The van der Waals surface area contributed by atoms with Crippen LogP contribution in [0.15, 0.2) is 54.6 Å². The third-order valence-electron chi connectivity index (χ3n) is 6.52. The van der Waals surface area contributed by atoms with Gasteiger partial charge in [-0.15, -0.1) is 0 Å². The van der Waals surface area contributed by atoms with E-state index in [1.54, 1.807) is 12.1 Å². The molecule has 4 nitrogen and oxygen atoms in total. The normalized spacial score (nSPS) is 18.5. The number of carbonyl (C=O) groups excluding carboxylic acids is 1. The molecule has 2 N–H and O–H groups in total. The van der Waals surface area contributed by atoms with E-state index in [-0.39, 0.29) is 17.8 Å². The van der Waals surface area contributed by atoms with E-state index in [1.807, 2.05) is 17.0 Å². The number of nitrogens with zero attached hydrogens (tertiary/aromatic N) is 1. The minimum Gasteiger partial charge on any atom is -0.508 e. The summed E-state index contributed by atoms with van der Waals surface area (Å²) in [6.07, 6.45) is 1.87. The Balaban J connectivity index is 1.59. The van der Waals surface area contributed by atoms with Crippen molar-refractivity contribution in [3.8, 4) is 5.75 Å². The van der Waals surface area contributed by atoms with Crippen LogP contribution >= 0.6 is 0 Å². The Hall–Kier alpha value is -3.53. The number of rotatable bonds is 0. The molecular formula is C24H16N2O2. The number of phenolic OH excluding ortho intramolecular Hbond substituents is 1. The van der Waals surface area contributed by atoms with Crippen LogP contribution in [0, 0.1) is 0 Å². The molecule has 1 atom stereocenters. The predicted octanol–water partition coefficient (Wildman–Crippen LogP) is 4.88. The van der Waals surface area contributed by atoms with Gasteiger partial charge >= 0.3 is 0 Å². The highest BCUT2D eigenvalue weighted by Crippen LogP contribution is 2.50. The SMILES string of the molecule is O=C1c2cc(O)cc3cccc(c23)C2Nc3ccc4c5c(ccc(c35)N12)CC4. The minimum absolute atomic E-state index is 0.0681. The first-order chi connectivity index (χ1) is 13.7. The van der Waals surface area contributed by atoms with Crippen molar-refractivity contribution in [2.24, 2.45) is 0 Å². The number of benzene rings is 4. The number of nitrogens with one attached hydrogen (secondary N) is 1. The van der Waals surface area contributed by atoms with E-state index < -0.39 is 0 Å². The van der Waals surface area contributed by atoms with Crippen molar-refractivity contribution in [3.05, 3.63) is 76.9 Å². The summed E-state index contributed by atoms with van der Waals surface area (Å²) < 4.78 is 0. The Labute approximate surface area is 161 Å². The van der Waals surface area contributed by atoms with Crippen molar-refractivity contribution in [2.45, 2.75) is 19.0 Å². The molecule has 0 radical (unpaired) electrons. The maximum absolute atomic E-state index is 13.6. The number of fused-ring (bicyclic) bond motifs is 3. The summed E-state index contributed by atoms with van der Waals surface area (Å²) in [4.78, 5) is 15.5. The maximum Gasteiger partial charge on any atom is 0.261 e. The summed E-state index contributed by atoms with van der Waals surface area (Å²) >= 11 is 0. The summed E-state index contributed by atoms with van der Waals surface area (Å²) in [5.41, 5.74) is 6.40. The summed E-state index contributed by atoms with van der Waals surface area (Å²) in [6, 6.07) is 18.0. The fraction of sp³-hybridized carbons (Fsp3) is 0.125. The molecule has 2 heterocycles. The Morgan fingerprint density at radius 2 is 1.75 bits per heavy atom. The molecule has 4 heteroatoms. The van der Waals surface area contributed by atoms with E-state index in [4.69, 9.17) is 0 Å². The Kier molecular flexibility index (Phi) is 2.41. The first-order valence-corrected chi connectivity index (χ1v) is 9.64. The molecule has 1 aliphatic carbocycles. The van der Waals surface area contributed by atoms with Gasteiger partial charge in [-0.1, -0.05) is 30.3 Å². The lowest BCUT2D eigenvalue weighted by molar-refractivity contribution is 0.0977. The molecule has 0 aromatic heterocycles. The smallest absolute Gasteiger partial charge is 0.261 e. The van der Waals surface area contributed by atoms with Crippen LogP contribution in [-0.4, -0.2) is 11.0 Å². The quantitative estimate of drug-likeness (QED) is 0.467. The number of hydrogen-bond acceptors (Lipinski definition) is 3. The molecule has 0 spiro atoms. The van der Waals surface area contributed by atoms with Gasteiger partial charge in [0.25, 0.3) is 5.91 Å². The van der Waals surface area contributed by atoms with Gasteiger partial charge in [0.1, 0.15) is 11.9 Å². The average molecular weight is 364 g/mol. The van der Waals surface area contributed by atoms with Gasteiger partial charge in [-0.3, -0.25) is 9.69 Å². The number of phenols is 1. The van der Waals surface area contributed by atoms with Crippen LogP contribution in [0.4, 0.5) is 11.4 Å². The second-order valence-electron chi connectivity index (χ2n) is 7.93. The van der Waals surface area contributed by atoms with Gasteiger partial charge in [0.2, 0.25) is 0 Å². The van der Waals surface area contributed by atoms with E-state index >= 15 is 0 Å². The number of aromatic hydroxyl groups is 1. The molecule has 2 aliphatic heterocycles. The van der Waals surface area contributed by atoms with Crippen molar-refractivity contribution >= 4 is 38.8 Å². The van der Waals surface area contributed by atoms with Gasteiger partial charge in [0.05, 0.1) is 11.3 Å². The Morgan fingerprint density at radius 1 is 0.929 bits per heavy atom. The van der Waals surface area contributed by atoms with E-state index in [0.29, 0.717) is 5.56 Å². The number of hydrogen-bond donors (Lipinski definition) is 2. The molecule has 3 aliphatic rings. The summed E-state index contributed by atoms with van der Waals surface area (Å²) in [6.45, 7) is 0. The highest BCUT2D eigenvalue weighted by molar-refractivity contribution is 6.23. The van der Waals surface area contributed by atoms with E-state index in [9.17, 15) is 9.90 Å². The fourth-order valence-electron chi connectivity index (χ4n) is 5.39. The zero-order chi connectivity index (χ0) is 18.6. The molecule has 0 saturated carbocycles.